The van der Waals surface area contributed by atoms with Crippen molar-refractivity contribution in [2.45, 2.75) is 26.1 Å². The quantitative estimate of drug-likeness (QED) is 0.553. The fraction of sp³-hybridized carbons (Fsp3) is 0.231. The molecule has 0 aliphatic heterocycles. The van der Waals surface area contributed by atoms with Crippen LogP contribution in [0.15, 0.2) is 78.9 Å². The van der Waals surface area contributed by atoms with Crippen molar-refractivity contribution >= 4 is 11.8 Å². The molecule has 0 aliphatic carbocycles. The van der Waals surface area contributed by atoms with Gasteiger partial charge in [0.2, 0.25) is 11.8 Å². The SMILES string of the molecule is COc1ccc(CNC(=O)C(c2ccccc2)N(Cc2ccc(OC)cc2)C(C)=O)cc1. The fourth-order valence-electron chi connectivity index (χ4n) is 3.45. The molecule has 0 saturated carbocycles. The Morgan fingerprint density at radius 3 is 1.84 bits per heavy atom. The van der Waals surface area contributed by atoms with Gasteiger partial charge >= 0.3 is 0 Å². The van der Waals surface area contributed by atoms with Crippen molar-refractivity contribution in [1.29, 1.82) is 0 Å². The summed E-state index contributed by atoms with van der Waals surface area (Å²) in [4.78, 5) is 27.6. The molecule has 0 radical (unpaired) electrons. The molecule has 0 fully saturated rings. The molecular formula is C26H28N2O4. The van der Waals surface area contributed by atoms with Gasteiger partial charge in [0.25, 0.3) is 0 Å². The largest absolute Gasteiger partial charge is 0.497 e. The molecule has 3 aromatic rings. The first-order valence-corrected chi connectivity index (χ1v) is 10.4. The highest BCUT2D eigenvalue weighted by atomic mass is 16.5. The molecular weight excluding hydrogens is 404 g/mol. The van der Waals surface area contributed by atoms with Crippen LogP contribution in [0.5, 0.6) is 11.5 Å². The van der Waals surface area contributed by atoms with Crippen molar-refractivity contribution in [3.05, 3.63) is 95.6 Å². The molecule has 6 heteroatoms. The Labute approximate surface area is 188 Å². The fourth-order valence-corrected chi connectivity index (χ4v) is 3.45. The van der Waals surface area contributed by atoms with Gasteiger partial charge in [-0.2, -0.15) is 0 Å². The highest BCUT2D eigenvalue weighted by molar-refractivity contribution is 5.88. The standard InChI is InChI=1S/C26H28N2O4/c1-19(29)28(18-21-11-15-24(32-3)16-12-21)25(22-7-5-4-6-8-22)26(30)27-17-20-9-13-23(31-2)14-10-20/h4-16,25H,17-18H2,1-3H3,(H,27,30). The number of hydrogen-bond acceptors (Lipinski definition) is 4. The van der Waals surface area contributed by atoms with Crippen molar-refractivity contribution in [3.8, 4) is 11.5 Å². The van der Waals surface area contributed by atoms with Gasteiger partial charge in [-0.25, -0.2) is 0 Å². The number of nitrogens with zero attached hydrogens (tertiary/aromatic N) is 1. The van der Waals surface area contributed by atoms with E-state index in [-0.39, 0.29) is 11.8 Å². The van der Waals surface area contributed by atoms with Crippen LogP contribution in [0.25, 0.3) is 0 Å². The number of hydrogen-bond donors (Lipinski definition) is 1. The zero-order valence-electron chi connectivity index (χ0n) is 18.6. The molecule has 166 valence electrons. The Hall–Kier alpha value is -3.80. The maximum Gasteiger partial charge on any atom is 0.247 e. The van der Waals surface area contributed by atoms with Crippen LogP contribution in [-0.4, -0.2) is 30.9 Å². The molecule has 3 aromatic carbocycles. The number of carbonyl (C=O) groups is 2. The van der Waals surface area contributed by atoms with Gasteiger partial charge in [-0.15, -0.1) is 0 Å². The maximum absolute atomic E-state index is 13.3. The number of carbonyl (C=O) groups excluding carboxylic acids is 2. The van der Waals surface area contributed by atoms with E-state index in [9.17, 15) is 9.59 Å². The van der Waals surface area contributed by atoms with Crippen LogP contribution in [0.1, 0.15) is 29.7 Å². The number of amides is 2. The molecule has 0 aromatic heterocycles. The first-order chi connectivity index (χ1) is 15.5. The lowest BCUT2D eigenvalue weighted by atomic mass is 10.0. The van der Waals surface area contributed by atoms with Crippen LogP contribution in [0.3, 0.4) is 0 Å². The predicted octanol–water partition coefficient (Wildman–Crippen LogP) is 4.11. The van der Waals surface area contributed by atoms with E-state index in [4.69, 9.17) is 9.47 Å². The number of benzene rings is 3. The molecule has 0 bridgehead atoms. The normalized spacial score (nSPS) is 11.3. The second-order valence-corrected chi connectivity index (χ2v) is 7.37. The van der Waals surface area contributed by atoms with E-state index in [1.165, 1.54) is 6.92 Å². The van der Waals surface area contributed by atoms with Crippen LogP contribution in [0.2, 0.25) is 0 Å². The molecule has 1 N–H and O–H groups in total. The van der Waals surface area contributed by atoms with Crippen LogP contribution >= 0.6 is 0 Å². The van der Waals surface area contributed by atoms with Gasteiger partial charge in [0.05, 0.1) is 14.2 Å². The molecule has 0 heterocycles. The molecule has 0 saturated heterocycles. The van der Waals surface area contributed by atoms with Crippen LogP contribution in [-0.2, 0) is 22.7 Å². The summed E-state index contributed by atoms with van der Waals surface area (Å²) in [5.41, 5.74) is 2.60. The lowest BCUT2D eigenvalue weighted by Crippen LogP contribution is -2.42. The van der Waals surface area contributed by atoms with Gasteiger partial charge in [-0.3, -0.25) is 9.59 Å². The summed E-state index contributed by atoms with van der Waals surface area (Å²) in [7, 11) is 3.22. The monoisotopic (exact) mass is 432 g/mol. The molecule has 0 spiro atoms. The second-order valence-electron chi connectivity index (χ2n) is 7.37. The summed E-state index contributed by atoms with van der Waals surface area (Å²) in [6, 6.07) is 23.6. The number of ether oxygens (including phenoxy) is 2. The summed E-state index contributed by atoms with van der Waals surface area (Å²) in [5, 5.41) is 2.98. The number of nitrogens with one attached hydrogen (secondary N) is 1. The van der Waals surface area contributed by atoms with E-state index >= 15 is 0 Å². The molecule has 6 nitrogen and oxygen atoms in total. The molecule has 3 rings (SSSR count). The minimum Gasteiger partial charge on any atom is -0.497 e. The van der Waals surface area contributed by atoms with E-state index in [1.807, 2.05) is 78.9 Å². The third-order valence-corrected chi connectivity index (χ3v) is 5.22. The molecule has 1 unspecified atom stereocenters. The Morgan fingerprint density at radius 2 is 1.34 bits per heavy atom. The lowest BCUT2D eigenvalue weighted by molar-refractivity contribution is -0.140. The summed E-state index contributed by atoms with van der Waals surface area (Å²) in [6.07, 6.45) is 0. The zero-order valence-corrected chi connectivity index (χ0v) is 18.6. The van der Waals surface area contributed by atoms with E-state index in [2.05, 4.69) is 5.32 Å². The number of rotatable bonds is 9. The third kappa shape index (κ3) is 5.88. The van der Waals surface area contributed by atoms with E-state index in [1.54, 1.807) is 19.1 Å². The van der Waals surface area contributed by atoms with Crippen LogP contribution in [0.4, 0.5) is 0 Å². The van der Waals surface area contributed by atoms with Crippen molar-refractivity contribution in [1.82, 2.24) is 10.2 Å². The zero-order chi connectivity index (χ0) is 22.9. The molecule has 1 atom stereocenters. The summed E-state index contributed by atoms with van der Waals surface area (Å²) in [6.45, 7) is 2.13. The lowest BCUT2D eigenvalue weighted by Gasteiger charge is -2.30. The van der Waals surface area contributed by atoms with Crippen LogP contribution < -0.4 is 14.8 Å². The van der Waals surface area contributed by atoms with Gasteiger partial charge in [0.15, 0.2) is 0 Å². The van der Waals surface area contributed by atoms with Gasteiger partial charge in [-0.05, 0) is 41.0 Å². The second kappa shape index (κ2) is 11.0. The average molecular weight is 433 g/mol. The van der Waals surface area contributed by atoms with Gasteiger partial charge in [-0.1, -0.05) is 54.6 Å². The molecule has 32 heavy (non-hydrogen) atoms. The van der Waals surface area contributed by atoms with Crippen molar-refractivity contribution in [2.75, 3.05) is 14.2 Å². The third-order valence-electron chi connectivity index (χ3n) is 5.22. The Bertz CT molecular complexity index is 1020. The van der Waals surface area contributed by atoms with Crippen LogP contribution in [0, 0.1) is 0 Å². The first kappa shape index (κ1) is 22.9. The van der Waals surface area contributed by atoms with Crippen molar-refractivity contribution in [3.63, 3.8) is 0 Å². The van der Waals surface area contributed by atoms with Gasteiger partial charge < -0.3 is 19.7 Å². The first-order valence-electron chi connectivity index (χ1n) is 10.4. The predicted molar refractivity (Wildman–Crippen MR) is 123 cm³/mol. The highest BCUT2D eigenvalue weighted by Gasteiger charge is 2.29. The average Bonchev–Trinajstić information content (AvgIpc) is 2.83. The minimum absolute atomic E-state index is 0.186. The van der Waals surface area contributed by atoms with E-state index < -0.39 is 6.04 Å². The summed E-state index contributed by atoms with van der Waals surface area (Å²) >= 11 is 0. The Kier molecular flexibility index (Phi) is 7.86. The summed E-state index contributed by atoms with van der Waals surface area (Å²) in [5.74, 6) is 1.06. The topological polar surface area (TPSA) is 67.9 Å². The van der Waals surface area contributed by atoms with Gasteiger partial charge in [0, 0.05) is 20.0 Å². The molecule has 0 aliphatic rings. The Balaban J connectivity index is 1.83. The smallest absolute Gasteiger partial charge is 0.247 e. The number of methoxy groups -OCH3 is 2. The van der Waals surface area contributed by atoms with E-state index in [0.717, 1.165) is 28.2 Å². The van der Waals surface area contributed by atoms with E-state index in [0.29, 0.717) is 13.1 Å². The van der Waals surface area contributed by atoms with Crippen molar-refractivity contribution < 1.29 is 19.1 Å². The van der Waals surface area contributed by atoms with Crippen molar-refractivity contribution in [2.24, 2.45) is 0 Å². The maximum atomic E-state index is 13.3. The Morgan fingerprint density at radius 1 is 0.812 bits per heavy atom. The molecule has 2 amide bonds. The van der Waals surface area contributed by atoms with Gasteiger partial charge in [0.1, 0.15) is 17.5 Å². The highest BCUT2D eigenvalue weighted by Crippen LogP contribution is 2.25. The minimum atomic E-state index is -0.756. The summed E-state index contributed by atoms with van der Waals surface area (Å²) < 4.78 is 10.4.